The Labute approximate surface area is 166 Å². The second kappa shape index (κ2) is 9.38. The van der Waals surface area contributed by atoms with E-state index in [4.69, 9.17) is 11.6 Å². The lowest BCUT2D eigenvalue weighted by molar-refractivity contribution is -0.116. The maximum Gasteiger partial charge on any atom is 0.224 e. The maximum absolute atomic E-state index is 12.2. The molecular weight excluding hydrogens is 360 g/mol. The van der Waals surface area contributed by atoms with E-state index in [9.17, 15) is 4.79 Å². The molecule has 0 atom stereocenters. The predicted molar refractivity (Wildman–Crippen MR) is 110 cm³/mol. The van der Waals surface area contributed by atoms with Crippen molar-refractivity contribution in [3.05, 3.63) is 46.5 Å². The van der Waals surface area contributed by atoms with E-state index >= 15 is 0 Å². The Balaban J connectivity index is 1.39. The lowest BCUT2D eigenvalue weighted by Gasteiger charge is -2.31. The Morgan fingerprint density at radius 2 is 2.07 bits per heavy atom. The molecule has 27 heavy (non-hydrogen) atoms. The van der Waals surface area contributed by atoms with E-state index < -0.39 is 0 Å². The van der Waals surface area contributed by atoms with E-state index in [1.54, 1.807) is 6.07 Å². The van der Waals surface area contributed by atoms with Crippen molar-refractivity contribution in [3.63, 3.8) is 0 Å². The third-order valence-corrected chi connectivity index (χ3v) is 5.71. The fourth-order valence-electron chi connectivity index (χ4n) is 3.64. The van der Waals surface area contributed by atoms with E-state index in [-0.39, 0.29) is 5.91 Å². The molecule has 1 amide bonds. The number of nitrogens with one attached hydrogen (secondary N) is 2. The van der Waals surface area contributed by atoms with Gasteiger partial charge in [-0.25, -0.2) is 4.98 Å². The number of carbonyl (C=O) groups is 1. The first-order valence-corrected chi connectivity index (χ1v) is 10.2. The molecule has 5 nitrogen and oxygen atoms in total. The highest BCUT2D eigenvalue weighted by Crippen LogP contribution is 2.25. The van der Waals surface area contributed by atoms with Gasteiger partial charge in [0.2, 0.25) is 5.91 Å². The van der Waals surface area contributed by atoms with Crippen LogP contribution in [-0.2, 0) is 17.8 Å². The monoisotopic (exact) mass is 388 g/mol. The van der Waals surface area contributed by atoms with Gasteiger partial charge in [0.25, 0.3) is 0 Å². The number of hydrogen-bond acceptors (Lipinski definition) is 3. The number of aryl methyl sites for hydroxylation is 2. The van der Waals surface area contributed by atoms with Crippen molar-refractivity contribution in [2.24, 2.45) is 5.92 Å². The highest BCUT2D eigenvalue weighted by atomic mass is 35.5. The van der Waals surface area contributed by atoms with Crippen molar-refractivity contribution in [1.82, 2.24) is 14.9 Å². The van der Waals surface area contributed by atoms with Gasteiger partial charge < -0.3 is 10.3 Å². The number of amides is 1. The zero-order chi connectivity index (χ0) is 19.2. The predicted octanol–water partition coefficient (Wildman–Crippen LogP) is 4.56. The normalized spacial score (nSPS) is 15.8. The van der Waals surface area contributed by atoms with Gasteiger partial charge >= 0.3 is 0 Å². The zero-order valence-corrected chi connectivity index (χ0v) is 17.0. The number of imidazole rings is 1. The molecule has 0 unspecified atom stereocenters. The van der Waals surface area contributed by atoms with Crippen LogP contribution in [-0.4, -0.2) is 33.9 Å². The molecule has 1 saturated heterocycles. The number of carbonyl (C=O) groups excluding carboxylic acids is 1. The van der Waals surface area contributed by atoms with Gasteiger partial charge in [0.1, 0.15) is 5.82 Å². The summed E-state index contributed by atoms with van der Waals surface area (Å²) in [6, 6.07) is 7.36. The molecule has 0 saturated carbocycles. The Hall–Kier alpha value is -1.85. The minimum absolute atomic E-state index is 0.0461. The Bertz CT molecular complexity index is 765. The van der Waals surface area contributed by atoms with Gasteiger partial charge in [0.05, 0.1) is 16.4 Å². The van der Waals surface area contributed by atoms with Crippen molar-refractivity contribution in [2.45, 2.75) is 52.5 Å². The zero-order valence-electron chi connectivity index (χ0n) is 16.2. The van der Waals surface area contributed by atoms with Crippen LogP contribution in [0.1, 0.15) is 49.8 Å². The Kier molecular flexibility index (Phi) is 6.91. The van der Waals surface area contributed by atoms with E-state index in [1.165, 1.54) is 11.4 Å². The molecule has 1 fully saturated rings. The molecule has 0 radical (unpaired) electrons. The van der Waals surface area contributed by atoms with E-state index in [0.29, 0.717) is 23.0 Å². The molecule has 0 spiro atoms. The van der Waals surface area contributed by atoms with Crippen LogP contribution in [0.15, 0.2) is 24.3 Å². The number of aromatic amines is 1. The van der Waals surface area contributed by atoms with Gasteiger partial charge in [-0.3, -0.25) is 9.69 Å². The highest BCUT2D eigenvalue weighted by molar-refractivity contribution is 6.33. The van der Waals surface area contributed by atoms with Crippen molar-refractivity contribution < 1.29 is 4.79 Å². The fourth-order valence-corrected chi connectivity index (χ4v) is 3.82. The molecule has 3 rings (SSSR count). The molecule has 2 aromatic rings. The van der Waals surface area contributed by atoms with Crippen LogP contribution in [0.25, 0.3) is 0 Å². The largest absolute Gasteiger partial charge is 0.346 e. The number of para-hydroxylation sites is 1. The number of halogens is 1. The molecule has 1 aliphatic rings. The summed E-state index contributed by atoms with van der Waals surface area (Å²) in [5, 5.41) is 3.49. The number of benzene rings is 1. The minimum atomic E-state index is 0.0461. The summed E-state index contributed by atoms with van der Waals surface area (Å²) in [5.41, 5.74) is 3.05. The lowest BCUT2D eigenvalue weighted by Crippen LogP contribution is -2.33. The van der Waals surface area contributed by atoms with Crippen LogP contribution >= 0.6 is 11.6 Å². The molecule has 2 heterocycles. The number of piperidine rings is 1. The van der Waals surface area contributed by atoms with E-state index in [1.807, 2.05) is 18.2 Å². The summed E-state index contributed by atoms with van der Waals surface area (Å²) >= 11 is 6.09. The summed E-state index contributed by atoms with van der Waals surface area (Å²) in [6.07, 6.45) is 4.71. The summed E-state index contributed by atoms with van der Waals surface area (Å²) in [5.74, 6) is 1.73. The third kappa shape index (κ3) is 5.56. The number of rotatable bonds is 7. The van der Waals surface area contributed by atoms with Gasteiger partial charge in [-0.1, -0.05) is 30.7 Å². The molecule has 2 N–H and O–H groups in total. The van der Waals surface area contributed by atoms with Gasteiger partial charge in [-0.15, -0.1) is 0 Å². The summed E-state index contributed by atoms with van der Waals surface area (Å²) in [7, 11) is 0. The quantitative estimate of drug-likeness (QED) is 0.730. The van der Waals surface area contributed by atoms with Gasteiger partial charge in [-0.2, -0.15) is 0 Å². The van der Waals surface area contributed by atoms with Crippen LogP contribution < -0.4 is 5.32 Å². The number of hydrogen-bond donors (Lipinski definition) is 2. The van der Waals surface area contributed by atoms with Crippen LogP contribution in [0.2, 0.25) is 5.02 Å². The number of aromatic nitrogens is 2. The molecule has 0 bridgehead atoms. The van der Waals surface area contributed by atoms with Gasteiger partial charge in [-0.05, 0) is 57.3 Å². The van der Waals surface area contributed by atoms with Crippen LogP contribution in [0.3, 0.4) is 0 Å². The third-order valence-electron chi connectivity index (χ3n) is 5.38. The van der Waals surface area contributed by atoms with Crippen molar-refractivity contribution in [2.75, 3.05) is 18.4 Å². The number of nitrogens with zero attached hydrogens (tertiary/aromatic N) is 2. The number of anilines is 1. The second-order valence-electron chi connectivity index (χ2n) is 7.39. The topological polar surface area (TPSA) is 61.0 Å². The smallest absolute Gasteiger partial charge is 0.224 e. The summed E-state index contributed by atoms with van der Waals surface area (Å²) in [4.78, 5) is 22.7. The van der Waals surface area contributed by atoms with E-state index in [0.717, 1.165) is 51.1 Å². The van der Waals surface area contributed by atoms with Crippen LogP contribution in [0.5, 0.6) is 0 Å². The average molecular weight is 389 g/mol. The molecular formula is C21H29ClN4O. The van der Waals surface area contributed by atoms with Gasteiger partial charge in [0, 0.05) is 25.1 Å². The second-order valence-corrected chi connectivity index (χ2v) is 7.80. The molecule has 146 valence electrons. The van der Waals surface area contributed by atoms with Gasteiger partial charge in [0.15, 0.2) is 0 Å². The lowest BCUT2D eigenvalue weighted by atomic mass is 9.92. The number of H-pyrrole nitrogens is 1. The fraction of sp³-hybridized carbons (Fsp3) is 0.524. The Morgan fingerprint density at radius 3 is 2.74 bits per heavy atom. The molecule has 1 aliphatic heterocycles. The van der Waals surface area contributed by atoms with Crippen molar-refractivity contribution in [1.29, 1.82) is 0 Å². The van der Waals surface area contributed by atoms with E-state index in [2.05, 4.69) is 34.0 Å². The Morgan fingerprint density at radius 1 is 1.33 bits per heavy atom. The summed E-state index contributed by atoms with van der Waals surface area (Å²) < 4.78 is 0. The van der Waals surface area contributed by atoms with Crippen LogP contribution in [0, 0.1) is 12.8 Å². The first kappa shape index (κ1) is 19.9. The first-order valence-electron chi connectivity index (χ1n) is 9.86. The van der Waals surface area contributed by atoms with Crippen molar-refractivity contribution in [3.8, 4) is 0 Å². The van der Waals surface area contributed by atoms with Crippen molar-refractivity contribution >= 4 is 23.2 Å². The standard InChI is InChI=1S/C21H29ClN4O/c1-3-20-23-15(2)19(24-20)14-26-12-10-16(11-13-26)8-9-21(27)25-18-7-5-4-6-17(18)22/h4-7,16H,3,8-14H2,1-2H3,(H,23,24)(H,25,27). The maximum atomic E-state index is 12.2. The highest BCUT2D eigenvalue weighted by Gasteiger charge is 2.21. The SMILES string of the molecule is CCc1nc(CN2CCC(CCC(=O)Nc3ccccc3Cl)CC2)c(C)[nH]1. The van der Waals surface area contributed by atoms with Crippen LogP contribution in [0.4, 0.5) is 5.69 Å². The number of likely N-dealkylation sites (tertiary alicyclic amines) is 1. The average Bonchev–Trinajstić information content (AvgIpc) is 3.03. The first-order chi connectivity index (χ1) is 13.0. The minimum Gasteiger partial charge on any atom is -0.346 e. The molecule has 6 heteroatoms. The molecule has 0 aliphatic carbocycles. The molecule has 1 aromatic carbocycles. The summed E-state index contributed by atoms with van der Waals surface area (Å²) in [6.45, 7) is 7.29. The molecule has 1 aromatic heterocycles.